The molecule has 1 aromatic heterocycles. The van der Waals surface area contributed by atoms with E-state index in [1.54, 1.807) is 0 Å². The number of hydrogen-bond donors (Lipinski definition) is 1. The third kappa shape index (κ3) is 3.37. The molecule has 0 bridgehead atoms. The van der Waals surface area contributed by atoms with Gasteiger partial charge < -0.3 is 10.0 Å². The maximum atomic E-state index is 8.95. The van der Waals surface area contributed by atoms with Crippen molar-refractivity contribution in [2.45, 2.75) is 19.8 Å². The molecule has 1 saturated heterocycles. The van der Waals surface area contributed by atoms with Crippen molar-refractivity contribution in [3.8, 4) is 0 Å². The largest absolute Gasteiger partial charge is 0.395 e. The Bertz CT molecular complexity index is 344. The molecule has 96 valence electrons. The number of aliphatic hydroxyl groups is 1. The minimum absolute atomic E-state index is 0.249. The molecular formula is C11H20N4OS. The number of aryl methyl sites for hydroxylation is 1. The summed E-state index contributed by atoms with van der Waals surface area (Å²) < 4.78 is 4.33. The number of nitrogens with zero attached hydrogens (tertiary/aromatic N) is 4. The second-order valence-corrected chi connectivity index (χ2v) is 4.98. The Morgan fingerprint density at radius 2 is 2.18 bits per heavy atom. The fourth-order valence-electron chi connectivity index (χ4n) is 2.04. The SMILES string of the molecule is CCc1nsc(N2CCCN(CCO)CC2)n1. The molecule has 0 radical (unpaired) electrons. The van der Waals surface area contributed by atoms with Crippen LogP contribution in [0.5, 0.6) is 0 Å². The second kappa shape index (κ2) is 6.28. The Hall–Kier alpha value is -0.720. The summed E-state index contributed by atoms with van der Waals surface area (Å²) in [4.78, 5) is 9.15. The Labute approximate surface area is 106 Å². The molecule has 0 aromatic carbocycles. The molecule has 2 rings (SSSR count). The van der Waals surface area contributed by atoms with Gasteiger partial charge >= 0.3 is 0 Å². The smallest absolute Gasteiger partial charge is 0.205 e. The molecule has 0 aliphatic carbocycles. The van der Waals surface area contributed by atoms with Crippen LogP contribution in [-0.2, 0) is 6.42 Å². The summed E-state index contributed by atoms with van der Waals surface area (Å²) in [6.45, 7) is 7.21. The molecule has 0 amide bonds. The van der Waals surface area contributed by atoms with Crippen molar-refractivity contribution in [2.75, 3.05) is 44.2 Å². The molecule has 0 unspecified atom stereocenters. The lowest BCUT2D eigenvalue weighted by Crippen LogP contribution is -2.32. The van der Waals surface area contributed by atoms with E-state index in [9.17, 15) is 0 Å². The molecule has 17 heavy (non-hydrogen) atoms. The van der Waals surface area contributed by atoms with Gasteiger partial charge in [0.05, 0.1) is 6.61 Å². The predicted octanol–water partition coefficient (Wildman–Crippen LogP) is 0.605. The molecule has 1 aromatic rings. The molecule has 1 fully saturated rings. The molecule has 2 heterocycles. The van der Waals surface area contributed by atoms with Gasteiger partial charge in [0.15, 0.2) is 0 Å². The summed E-state index contributed by atoms with van der Waals surface area (Å²) in [5.41, 5.74) is 0. The van der Waals surface area contributed by atoms with Crippen molar-refractivity contribution >= 4 is 16.7 Å². The van der Waals surface area contributed by atoms with Crippen LogP contribution < -0.4 is 4.90 Å². The zero-order valence-corrected chi connectivity index (χ0v) is 11.1. The number of β-amino-alcohol motifs (C(OH)–C–C–N with tert-alkyl or cyclic N) is 1. The lowest BCUT2D eigenvalue weighted by Gasteiger charge is -2.20. The summed E-state index contributed by atoms with van der Waals surface area (Å²) in [5, 5.41) is 10.0. The van der Waals surface area contributed by atoms with Crippen LogP contribution in [0, 0.1) is 0 Å². The minimum Gasteiger partial charge on any atom is -0.395 e. The normalized spacial score (nSPS) is 18.4. The monoisotopic (exact) mass is 256 g/mol. The van der Waals surface area contributed by atoms with Crippen LogP contribution >= 0.6 is 11.5 Å². The van der Waals surface area contributed by atoms with Crippen LogP contribution in [0.3, 0.4) is 0 Å². The highest BCUT2D eigenvalue weighted by molar-refractivity contribution is 7.09. The Morgan fingerprint density at radius 3 is 2.88 bits per heavy atom. The average Bonchev–Trinajstić information content (AvgIpc) is 2.70. The highest BCUT2D eigenvalue weighted by Gasteiger charge is 2.17. The lowest BCUT2D eigenvalue weighted by molar-refractivity contribution is 0.204. The van der Waals surface area contributed by atoms with Crippen LogP contribution in [-0.4, -0.2) is 58.7 Å². The van der Waals surface area contributed by atoms with Crippen LogP contribution in [0.4, 0.5) is 5.13 Å². The molecule has 0 saturated carbocycles. The number of anilines is 1. The van der Waals surface area contributed by atoms with E-state index in [2.05, 4.69) is 26.1 Å². The van der Waals surface area contributed by atoms with Gasteiger partial charge in [-0.15, -0.1) is 0 Å². The molecule has 1 aliphatic rings. The molecule has 1 aliphatic heterocycles. The van der Waals surface area contributed by atoms with Gasteiger partial charge in [-0.3, -0.25) is 4.90 Å². The van der Waals surface area contributed by atoms with E-state index in [4.69, 9.17) is 5.11 Å². The first-order valence-electron chi connectivity index (χ1n) is 6.24. The van der Waals surface area contributed by atoms with Gasteiger partial charge in [0.1, 0.15) is 5.82 Å². The third-order valence-electron chi connectivity index (χ3n) is 3.05. The van der Waals surface area contributed by atoms with Crippen molar-refractivity contribution in [1.82, 2.24) is 14.3 Å². The number of aliphatic hydroxyl groups excluding tert-OH is 1. The van der Waals surface area contributed by atoms with Crippen molar-refractivity contribution in [3.05, 3.63) is 5.82 Å². The maximum absolute atomic E-state index is 8.95. The van der Waals surface area contributed by atoms with Crippen LogP contribution in [0.15, 0.2) is 0 Å². The lowest BCUT2D eigenvalue weighted by atomic mass is 10.4. The van der Waals surface area contributed by atoms with E-state index in [0.29, 0.717) is 0 Å². The fourth-order valence-corrected chi connectivity index (χ4v) is 2.85. The second-order valence-electron chi connectivity index (χ2n) is 4.25. The summed E-state index contributed by atoms with van der Waals surface area (Å²) >= 11 is 1.50. The summed E-state index contributed by atoms with van der Waals surface area (Å²) in [7, 11) is 0. The van der Waals surface area contributed by atoms with Crippen molar-refractivity contribution in [2.24, 2.45) is 0 Å². The van der Waals surface area contributed by atoms with Gasteiger partial charge in [-0.1, -0.05) is 6.92 Å². The zero-order chi connectivity index (χ0) is 12.1. The Morgan fingerprint density at radius 1 is 1.29 bits per heavy atom. The Kier molecular flexibility index (Phi) is 4.70. The minimum atomic E-state index is 0.249. The van der Waals surface area contributed by atoms with E-state index < -0.39 is 0 Å². The van der Waals surface area contributed by atoms with Crippen LogP contribution in [0.1, 0.15) is 19.2 Å². The number of hydrogen-bond acceptors (Lipinski definition) is 6. The molecule has 1 N–H and O–H groups in total. The van der Waals surface area contributed by atoms with E-state index in [-0.39, 0.29) is 6.61 Å². The van der Waals surface area contributed by atoms with Crippen molar-refractivity contribution < 1.29 is 5.11 Å². The van der Waals surface area contributed by atoms with Gasteiger partial charge in [-0.25, -0.2) is 4.98 Å². The molecule has 0 atom stereocenters. The zero-order valence-electron chi connectivity index (χ0n) is 10.3. The number of aromatic nitrogens is 2. The quantitative estimate of drug-likeness (QED) is 0.855. The summed E-state index contributed by atoms with van der Waals surface area (Å²) in [5.74, 6) is 0.946. The summed E-state index contributed by atoms with van der Waals surface area (Å²) in [6.07, 6.45) is 2.03. The Balaban J connectivity index is 1.93. The van der Waals surface area contributed by atoms with E-state index in [1.165, 1.54) is 11.5 Å². The summed E-state index contributed by atoms with van der Waals surface area (Å²) in [6, 6.07) is 0. The first-order valence-corrected chi connectivity index (χ1v) is 7.01. The van der Waals surface area contributed by atoms with Crippen molar-refractivity contribution in [1.29, 1.82) is 0 Å². The van der Waals surface area contributed by atoms with Crippen LogP contribution in [0.25, 0.3) is 0 Å². The third-order valence-corrected chi connectivity index (χ3v) is 3.86. The van der Waals surface area contributed by atoms with Gasteiger partial charge in [0, 0.05) is 44.1 Å². The standard InChI is InChI=1S/C11H20N4OS/c1-2-10-12-11(17-13-10)15-5-3-4-14(6-7-15)8-9-16/h16H,2-9H2,1H3. The van der Waals surface area contributed by atoms with E-state index in [0.717, 1.165) is 56.5 Å². The molecule has 0 spiro atoms. The first-order chi connectivity index (χ1) is 8.33. The highest BCUT2D eigenvalue weighted by Crippen LogP contribution is 2.19. The van der Waals surface area contributed by atoms with Gasteiger partial charge in [-0.2, -0.15) is 4.37 Å². The van der Waals surface area contributed by atoms with Gasteiger partial charge in [0.25, 0.3) is 0 Å². The molecule has 5 nitrogen and oxygen atoms in total. The predicted molar refractivity (Wildman–Crippen MR) is 69.6 cm³/mol. The molecular weight excluding hydrogens is 236 g/mol. The maximum Gasteiger partial charge on any atom is 0.205 e. The first kappa shape index (κ1) is 12.7. The highest BCUT2D eigenvalue weighted by atomic mass is 32.1. The van der Waals surface area contributed by atoms with Crippen molar-refractivity contribution in [3.63, 3.8) is 0 Å². The molecule has 6 heteroatoms. The number of rotatable bonds is 4. The van der Waals surface area contributed by atoms with Crippen LogP contribution in [0.2, 0.25) is 0 Å². The van der Waals surface area contributed by atoms with E-state index >= 15 is 0 Å². The van der Waals surface area contributed by atoms with E-state index in [1.807, 2.05) is 0 Å². The fraction of sp³-hybridized carbons (Fsp3) is 0.818. The average molecular weight is 256 g/mol. The topological polar surface area (TPSA) is 52.5 Å². The van der Waals surface area contributed by atoms with Gasteiger partial charge in [0.2, 0.25) is 5.13 Å². The van der Waals surface area contributed by atoms with Gasteiger partial charge in [-0.05, 0) is 13.0 Å².